The van der Waals surface area contributed by atoms with Crippen LogP contribution >= 0.6 is 0 Å². The van der Waals surface area contributed by atoms with Crippen molar-refractivity contribution in [3.63, 3.8) is 0 Å². The lowest BCUT2D eigenvalue weighted by Crippen LogP contribution is -2.48. The third-order valence-corrected chi connectivity index (χ3v) is 8.13. The molecule has 42 heavy (non-hydrogen) atoms. The van der Waals surface area contributed by atoms with E-state index in [9.17, 15) is 14.4 Å². The number of nitrogens with zero attached hydrogens (tertiary/aromatic N) is 6. The molecule has 1 aromatic heterocycles. The number of hydrogen-bond acceptors (Lipinski definition) is 9. The van der Waals surface area contributed by atoms with Crippen LogP contribution in [0.4, 0.5) is 17.3 Å². The third kappa shape index (κ3) is 7.24. The predicted molar refractivity (Wildman–Crippen MR) is 160 cm³/mol. The van der Waals surface area contributed by atoms with E-state index in [1.165, 1.54) is 19.0 Å². The van der Waals surface area contributed by atoms with Gasteiger partial charge in [-0.05, 0) is 57.0 Å². The van der Waals surface area contributed by atoms with Crippen molar-refractivity contribution in [2.75, 3.05) is 70.2 Å². The number of benzene rings is 1. The molecule has 2 saturated heterocycles. The van der Waals surface area contributed by atoms with Gasteiger partial charge < -0.3 is 30.5 Å². The predicted octanol–water partition coefficient (Wildman–Crippen LogP) is 1.87. The van der Waals surface area contributed by atoms with E-state index in [0.29, 0.717) is 56.0 Å². The minimum atomic E-state index is -0.702. The highest BCUT2D eigenvalue weighted by molar-refractivity contribution is 5.97. The Morgan fingerprint density at radius 3 is 2.48 bits per heavy atom. The topological polar surface area (TPSA) is 137 Å². The summed E-state index contributed by atoms with van der Waals surface area (Å²) in [5.74, 6) is 0.0532. The number of likely N-dealkylation sites (tertiary alicyclic amines) is 1. The molecule has 2 aliphatic heterocycles. The summed E-state index contributed by atoms with van der Waals surface area (Å²) in [6.07, 6.45) is 9.42. The van der Waals surface area contributed by atoms with Gasteiger partial charge >= 0.3 is 0 Å². The number of amides is 3. The molecule has 3 fully saturated rings. The van der Waals surface area contributed by atoms with E-state index in [2.05, 4.69) is 22.2 Å². The van der Waals surface area contributed by atoms with Crippen molar-refractivity contribution in [2.45, 2.75) is 37.8 Å². The molecule has 2 aromatic rings. The Balaban J connectivity index is 1.24. The van der Waals surface area contributed by atoms with Crippen LogP contribution in [0.5, 0.6) is 0 Å². The molecule has 1 saturated carbocycles. The lowest BCUT2D eigenvalue weighted by molar-refractivity contribution is -0.127. The maximum absolute atomic E-state index is 12.9. The molecule has 0 unspecified atom stereocenters. The summed E-state index contributed by atoms with van der Waals surface area (Å²) in [4.78, 5) is 54.8. The Bertz CT molecular complexity index is 1310. The molecular formula is C30H40N8O4. The third-order valence-electron chi connectivity index (χ3n) is 8.13. The van der Waals surface area contributed by atoms with Crippen LogP contribution in [0.15, 0.2) is 42.6 Å². The van der Waals surface area contributed by atoms with Gasteiger partial charge in [-0.2, -0.15) is 0 Å². The van der Waals surface area contributed by atoms with Crippen molar-refractivity contribution in [3.8, 4) is 0 Å². The van der Waals surface area contributed by atoms with Gasteiger partial charge in [0.25, 0.3) is 11.8 Å². The Labute approximate surface area is 246 Å². The summed E-state index contributed by atoms with van der Waals surface area (Å²) in [6.45, 7) is 4.27. The van der Waals surface area contributed by atoms with Crippen LogP contribution in [-0.4, -0.2) is 115 Å². The van der Waals surface area contributed by atoms with Crippen molar-refractivity contribution in [1.29, 1.82) is 0 Å². The quantitative estimate of drug-likeness (QED) is 0.406. The van der Waals surface area contributed by atoms with E-state index in [4.69, 9.17) is 15.5 Å². The summed E-state index contributed by atoms with van der Waals surface area (Å²) in [7, 11) is 4.01. The van der Waals surface area contributed by atoms with Crippen LogP contribution < -0.4 is 16.0 Å². The molecular weight excluding hydrogens is 536 g/mol. The Morgan fingerprint density at radius 2 is 1.79 bits per heavy atom. The van der Waals surface area contributed by atoms with Crippen molar-refractivity contribution >= 4 is 35.0 Å². The summed E-state index contributed by atoms with van der Waals surface area (Å²) >= 11 is 0. The fourth-order valence-electron chi connectivity index (χ4n) is 5.35. The van der Waals surface area contributed by atoms with E-state index in [-0.39, 0.29) is 29.4 Å². The number of morpholine rings is 1. The SMILES string of the molecule is CN(C/C=C/C(=O)N1CCC[C@@H](N(C)c2cnc(C(N)=O)c(Nc3ccc(C(=O)N4CCOCC4)cc3)n2)C1)C1CC1. The van der Waals surface area contributed by atoms with E-state index >= 15 is 0 Å². The highest BCUT2D eigenvalue weighted by Crippen LogP contribution is 2.26. The van der Waals surface area contributed by atoms with Crippen LogP contribution in [-0.2, 0) is 9.53 Å². The molecule has 3 amide bonds. The van der Waals surface area contributed by atoms with Gasteiger partial charge in [-0.1, -0.05) is 6.08 Å². The monoisotopic (exact) mass is 576 g/mol. The molecule has 3 heterocycles. The first kappa shape index (κ1) is 29.5. The van der Waals surface area contributed by atoms with Crippen molar-refractivity contribution in [2.24, 2.45) is 5.73 Å². The number of likely N-dealkylation sites (N-methyl/N-ethyl adjacent to an activating group) is 2. The number of carbonyl (C=O) groups is 3. The molecule has 0 radical (unpaired) electrons. The molecule has 0 bridgehead atoms. The second kappa shape index (κ2) is 13.3. The van der Waals surface area contributed by atoms with E-state index < -0.39 is 5.91 Å². The second-order valence-corrected chi connectivity index (χ2v) is 11.2. The first-order chi connectivity index (χ1) is 20.3. The van der Waals surface area contributed by atoms with Gasteiger partial charge in [-0.15, -0.1) is 0 Å². The molecule has 224 valence electrons. The summed E-state index contributed by atoms with van der Waals surface area (Å²) in [6, 6.07) is 7.69. The zero-order valence-electron chi connectivity index (χ0n) is 24.4. The number of anilines is 3. The van der Waals surface area contributed by atoms with Crippen LogP contribution in [0.1, 0.15) is 46.5 Å². The fourth-order valence-corrected chi connectivity index (χ4v) is 5.35. The van der Waals surface area contributed by atoms with Gasteiger partial charge in [-0.3, -0.25) is 19.3 Å². The number of rotatable bonds is 10. The van der Waals surface area contributed by atoms with Crippen LogP contribution in [0.2, 0.25) is 0 Å². The van der Waals surface area contributed by atoms with Gasteiger partial charge in [0.1, 0.15) is 5.82 Å². The maximum atomic E-state index is 12.9. The Hall–Kier alpha value is -4.03. The number of nitrogens with one attached hydrogen (secondary N) is 1. The van der Waals surface area contributed by atoms with Gasteiger partial charge in [0.15, 0.2) is 11.5 Å². The van der Waals surface area contributed by atoms with Gasteiger partial charge in [-0.25, -0.2) is 9.97 Å². The number of aromatic nitrogens is 2. The Morgan fingerprint density at radius 1 is 1.05 bits per heavy atom. The molecule has 5 rings (SSSR count). The summed E-state index contributed by atoms with van der Waals surface area (Å²) in [5, 5.41) is 3.15. The van der Waals surface area contributed by atoms with Crippen LogP contribution in [0.3, 0.4) is 0 Å². The average molecular weight is 577 g/mol. The molecule has 12 heteroatoms. The van der Waals surface area contributed by atoms with Crippen molar-refractivity contribution in [3.05, 3.63) is 53.9 Å². The van der Waals surface area contributed by atoms with Crippen molar-refractivity contribution in [1.82, 2.24) is 24.7 Å². The smallest absolute Gasteiger partial charge is 0.271 e. The minimum Gasteiger partial charge on any atom is -0.378 e. The van der Waals surface area contributed by atoms with Crippen LogP contribution in [0.25, 0.3) is 0 Å². The number of hydrogen-bond donors (Lipinski definition) is 2. The largest absolute Gasteiger partial charge is 0.378 e. The summed E-state index contributed by atoms with van der Waals surface area (Å²) in [5.41, 5.74) is 6.83. The standard InChI is InChI=1S/C30H40N8O4/c1-35(23-11-12-23)13-4-6-26(39)38-14-3-5-24(20-38)36(2)25-19-32-27(28(31)40)29(34-25)33-22-9-7-21(8-10-22)30(41)37-15-17-42-18-16-37/h4,6-10,19,23-24H,3,5,11-18,20H2,1-2H3,(H2,31,40)(H,33,34)/b6-4+/t24-/m1/s1. The molecule has 1 atom stereocenters. The molecule has 1 aromatic carbocycles. The number of nitrogens with two attached hydrogens (primary N) is 1. The number of carbonyl (C=O) groups excluding carboxylic acids is 3. The highest BCUT2D eigenvalue weighted by Gasteiger charge is 2.28. The number of primary amides is 1. The minimum absolute atomic E-state index is 0.0161. The average Bonchev–Trinajstić information content (AvgIpc) is 3.87. The van der Waals surface area contributed by atoms with Gasteiger partial charge in [0, 0.05) is 69.2 Å². The highest BCUT2D eigenvalue weighted by atomic mass is 16.5. The molecule has 3 N–H and O–H groups in total. The van der Waals surface area contributed by atoms with Crippen LogP contribution in [0, 0.1) is 0 Å². The lowest BCUT2D eigenvalue weighted by Gasteiger charge is -2.37. The lowest BCUT2D eigenvalue weighted by atomic mass is 10.0. The zero-order chi connectivity index (χ0) is 29.6. The van der Waals surface area contributed by atoms with Gasteiger partial charge in [0.2, 0.25) is 5.91 Å². The Kier molecular flexibility index (Phi) is 9.33. The zero-order valence-corrected chi connectivity index (χ0v) is 24.4. The van der Waals surface area contributed by atoms with Gasteiger partial charge in [0.05, 0.1) is 19.4 Å². The number of piperidine rings is 1. The molecule has 1 aliphatic carbocycles. The normalized spacial score (nSPS) is 19.3. The molecule has 3 aliphatic rings. The number of ether oxygens (including phenoxy) is 1. The van der Waals surface area contributed by atoms with E-state index in [1.807, 2.05) is 22.9 Å². The second-order valence-electron chi connectivity index (χ2n) is 11.2. The molecule has 0 spiro atoms. The van der Waals surface area contributed by atoms with E-state index in [1.54, 1.807) is 35.2 Å². The van der Waals surface area contributed by atoms with Crippen molar-refractivity contribution < 1.29 is 19.1 Å². The fraction of sp³-hybridized carbons (Fsp3) is 0.500. The molecule has 12 nitrogen and oxygen atoms in total. The summed E-state index contributed by atoms with van der Waals surface area (Å²) < 4.78 is 5.33. The maximum Gasteiger partial charge on any atom is 0.271 e. The first-order valence-electron chi connectivity index (χ1n) is 14.6. The first-order valence-corrected chi connectivity index (χ1v) is 14.6. The van der Waals surface area contributed by atoms with E-state index in [0.717, 1.165) is 25.9 Å².